The van der Waals surface area contributed by atoms with Crippen LogP contribution in [0.25, 0.3) is 5.69 Å². The lowest BCUT2D eigenvalue weighted by Crippen LogP contribution is -2.25. The highest BCUT2D eigenvalue weighted by molar-refractivity contribution is 6.15. The van der Waals surface area contributed by atoms with Crippen molar-refractivity contribution < 1.29 is 22.8 Å². The van der Waals surface area contributed by atoms with Gasteiger partial charge in [-0.15, -0.1) is 0 Å². The van der Waals surface area contributed by atoms with E-state index in [2.05, 4.69) is 10.1 Å². The van der Waals surface area contributed by atoms with Crippen LogP contribution in [0.15, 0.2) is 30.9 Å². The molecule has 1 saturated carbocycles. The number of carbonyl (C=O) groups excluding carboxylic acids is 2. The summed E-state index contributed by atoms with van der Waals surface area (Å²) in [6, 6.07) is 4.12. The van der Waals surface area contributed by atoms with Crippen LogP contribution in [0.1, 0.15) is 28.8 Å². The van der Waals surface area contributed by atoms with Crippen LogP contribution in [0.5, 0.6) is 0 Å². The first-order valence-corrected chi connectivity index (χ1v) is 7.36. The van der Waals surface area contributed by atoms with Crippen LogP contribution in [0.2, 0.25) is 0 Å². The van der Waals surface area contributed by atoms with Crippen LogP contribution in [0.3, 0.4) is 0 Å². The third-order valence-corrected chi connectivity index (χ3v) is 3.91. The van der Waals surface area contributed by atoms with Crippen LogP contribution in [0, 0.1) is 23.2 Å². The zero-order valence-corrected chi connectivity index (χ0v) is 12.7. The number of nitriles is 1. The van der Waals surface area contributed by atoms with E-state index in [1.165, 1.54) is 0 Å². The van der Waals surface area contributed by atoms with Crippen LogP contribution in [-0.2, 0) is 11.0 Å². The Morgan fingerprint density at radius 3 is 2.56 bits per heavy atom. The van der Waals surface area contributed by atoms with Crippen molar-refractivity contribution in [3.05, 3.63) is 42.0 Å². The van der Waals surface area contributed by atoms with Gasteiger partial charge in [0.15, 0.2) is 17.5 Å². The fourth-order valence-corrected chi connectivity index (χ4v) is 2.45. The molecule has 1 atom stereocenters. The summed E-state index contributed by atoms with van der Waals surface area (Å²) in [5.74, 6) is -3.18. The monoisotopic (exact) mass is 348 g/mol. The fourth-order valence-electron chi connectivity index (χ4n) is 2.45. The van der Waals surface area contributed by atoms with E-state index in [-0.39, 0.29) is 17.2 Å². The van der Waals surface area contributed by atoms with Crippen molar-refractivity contribution in [2.24, 2.45) is 11.8 Å². The number of Topliss-reactive ketones (excluding diaryl/α,β-unsaturated/α-hetero) is 2. The molecule has 1 aliphatic carbocycles. The Morgan fingerprint density at radius 2 is 2.04 bits per heavy atom. The smallest absolute Gasteiger partial charge is 0.297 e. The van der Waals surface area contributed by atoms with Gasteiger partial charge in [-0.3, -0.25) is 9.59 Å². The second-order valence-electron chi connectivity index (χ2n) is 5.67. The molecule has 2 aromatic rings. The van der Waals surface area contributed by atoms with E-state index >= 15 is 0 Å². The Bertz CT molecular complexity index is 864. The zero-order chi connectivity index (χ0) is 18.2. The lowest BCUT2D eigenvalue weighted by atomic mass is 9.91. The van der Waals surface area contributed by atoms with Crippen molar-refractivity contribution in [2.45, 2.75) is 19.0 Å². The van der Waals surface area contributed by atoms with Gasteiger partial charge in [0.1, 0.15) is 12.7 Å². The predicted octanol–water partition coefficient (Wildman–Crippen LogP) is 2.59. The van der Waals surface area contributed by atoms with Gasteiger partial charge in [-0.05, 0) is 31.0 Å². The first-order valence-electron chi connectivity index (χ1n) is 7.36. The number of hydrogen-bond acceptors (Lipinski definition) is 5. The Hall–Kier alpha value is -3.02. The van der Waals surface area contributed by atoms with Gasteiger partial charge in [0.05, 0.1) is 17.3 Å². The summed E-state index contributed by atoms with van der Waals surface area (Å²) in [6.07, 6.45) is -1.14. The summed E-state index contributed by atoms with van der Waals surface area (Å²) in [5, 5.41) is 13.0. The molecule has 1 unspecified atom stereocenters. The maximum atomic E-state index is 13.0. The standard InChI is InChI=1S/C16H11F3N4O2/c17-16(18,19)10-3-4-11(13(5-10)23-8-21-7-22-23)15(25)12(6-20)14(24)9-1-2-9/h3-5,7-9,12H,1-2H2. The lowest BCUT2D eigenvalue weighted by molar-refractivity contribution is -0.137. The number of benzene rings is 1. The summed E-state index contributed by atoms with van der Waals surface area (Å²) >= 11 is 0. The minimum Gasteiger partial charge on any atom is -0.297 e. The number of carbonyl (C=O) groups is 2. The van der Waals surface area contributed by atoms with Gasteiger partial charge < -0.3 is 0 Å². The molecule has 1 fully saturated rings. The van der Waals surface area contributed by atoms with Gasteiger partial charge >= 0.3 is 6.18 Å². The first-order chi connectivity index (χ1) is 11.8. The van der Waals surface area contributed by atoms with E-state index in [9.17, 15) is 28.0 Å². The molecule has 1 aromatic heterocycles. The molecule has 0 saturated heterocycles. The maximum absolute atomic E-state index is 13.0. The summed E-state index contributed by atoms with van der Waals surface area (Å²) in [5.41, 5.74) is -1.34. The largest absolute Gasteiger partial charge is 0.416 e. The van der Waals surface area contributed by atoms with Crippen LogP contribution >= 0.6 is 0 Å². The van der Waals surface area contributed by atoms with Crippen molar-refractivity contribution in [1.29, 1.82) is 5.26 Å². The summed E-state index contributed by atoms with van der Waals surface area (Å²) in [7, 11) is 0. The van der Waals surface area contributed by atoms with E-state index in [0.717, 1.165) is 35.5 Å². The molecule has 1 heterocycles. The summed E-state index contributed by atoms with van der Waals surface area (Å²) in [4.78, 5) is 28.4. The molecule has 0 bridgehead atoms. The quantitative estimate of drug-likeness (QED) is 0.612. The molecule has 3 rings (SSSR count). The summed E-state index contributed by atoms with van der Waals surface area (Å²) in [6.45, 7) is 0. The highest BCUT2D eigenvalue weighted by atomic mass is 19.4. The van der Waals surface area contributed by atoms with Gasteiger partial charge in [0, 0.05) is 11.5 Å². The third kappa shape index (κ3) is 3.28. The van der Waals surface area contributed by atoms with Gasteiger partial charge in [0.2, 0.25) is 0 Å². The van der Waals surface area contributed by atoms with Crippen molar-refractivity contribution in [1.82, 2.24) is 14.8 Å². The van der Waals surface area contributed by atoms with E-state index in [0.29, 0.717) is 12.8 Å². The predicted molar refractivity (Wildman–Crippen MR) is 77.5 cm³/mol. The number of ketones is 2. The van der Waals surface area contributed by atoms with Crippen molar-refractivity contribution in [2.75, 3.05) is 0 Å². The van der Waals surface area contributed by atoms with E-state index in [1.54, 1.807) is 6.07 Å². The average Bonchev–Trinajstić information content (AvgIpc) is 3.28. The molecular formula is C16H11F3N4O2. The third-order valence-electron chi connectivity index (χ3n) is 3.91. The SMILES string of the molecule is N#CC(C(=O)c1ccc(C(F)(F)F)cc1-n1cncn1)C(=O)C1CC1. The first kappa shape index (κ1) is 16.8. The number of aromatic nitrogens is 3. The minimum atomic E-state index is -4.62. The number of halogens is 3. The lowest BCUT2D eigenvalue weighted by Gasteiger charge is -2.14. The van der Waals surface area contributed by atoms with Crippen LogP contribution < -0.4 is 0 Å². The second-order valence-corrected chi connectivity index (χ2v) is 5.67. The van der Waals surface area contributed by atoms with Crippen LogP contribution in [0.4, 0.5) is 13.2 Å². The molecule has 1 aliphatic rings. The number of alkyl halides is 3. The number of hydrogen-bond donors (Lipinski definition) is 0. The van der Waals surface area contributed by atoms with Gasteiger partial charge in [0.25, 0.3) is 0 Å². The molecule has 25 heavy (non-hydrogen) atoms. The number of rotatable bonds is 5. The molecule has 128 valence electrons. The highest BCUT2D eigenvalue weighted by Crippen LogP contribution is 2.35. The topological polar surface area (TPSA) is 88.6 Å². The van der Waals surface area contributed by atoms with E-state index in [4.69, 9.17) is 0 Å². The molecule has 0 spiro atoms. The normalized spacial score (nSPS) is 15.4. The Labute approximate surface area is 139 Å². The molecule has 1 aromatic carbocycles. The fraction of sp³-hybridized carbons (Fsp3) is 0.312. The molecule has 0 aliphatic heterocycles. The zero-order valence-electron chi connectivity index (χ0n) is 12.7. The molecular weight excluding hydrogens is 337 g/mol. The van der Waals surface area contributed by atoms with Crippen molar-refractivity contribution in [3.63, 3.8) is 0 Å². The van der Waals surface area contributed by atoms with Crippen LogP contribution in [-0.4, -0.2) is 26.3 Å². The highest BCUT2D eigenvalue weighted by Gasteiger charge is 2.40. The Balaban J connectivity index is 2.07. The molecule has 0 amide bonds. The van der Waals surface area contributed by atoms with Gasteiger partial charge in [-0.25, -0.2) is 9.67 Å². The van der Waals surface area contributed by atoms with E-state index in [1.807, 2.05) is 0 Å². The molecule has 6 nitrogen and oxygen atoms in total. The molecule has 0 N–H and O–H groups in total. The Morgan fingerprint density at radius 1 is 1.32 bits per heavy atom. The minimum absolute atomic E-state index is 0.179. The summed E-state index contributed by atoms with van der Waals surface area (Å²) < 4.78 is 39.9. The second kappa shape index (κ2) is 6.12. The van der Waals surface area contributed by atoms with E-state index < -0.39 is 29.2 Å². The number of nitrogens with zero attached hydrogens (tertiary/aromatic N) is 4. The van der Waals surface area contributed by atoms with Crippen molar-refractivity contribution >= 4 is 11.6 Å². The molecule has 9 heteroatoms. The average molecular weight is 348 g/mol. The van der Waals surface area contributed by atoms with Crippen molar-refractivity contribution in [3.8, 4) is 11.8 Å². The Kier molecular flexibility index (Phi) is 4.12. The van der Waals surface area contributed by atoms with Gasteiger partial charge in [-0.1, -0.05) is 0 Å². The molecule has 0 radical (unpaired) electrons. The maximum Gasteiger partial charge on any atom is 0.416 e. The van der Waals surface area contributed by atoms with Gasteiger partial charge in [-0.2, -0.15) is 23.5 Å².